The lowest BCUT2D eigenvalue weighted by Crippen LogP contribution is -2.59. The van der Waals surface area contributed by atoms with Gasteiger partial charge in [0.2, 0.25) is 5.91 Å². The average Bonchev–Trinajstić information content (AvgIpc) is 3.16. The van der Waals surface area contributed by atoms with Gasteiger partial charge in [0.15, 0.2) is 0 Å². The zero-order valence-corrected chi connectivity index (χ0v) is 21.2. The number of hydrogen-bond acceptors (Lipinski definition) is 4. The molecule has 2 unspecified atom stereocenters. The zero-order valence-electron chi connectivity index (χ0n) is 21.2. The van der Waals surface area contributed by atoms with Crippen molar-refractivity contribution in [3.8, 4) is 11.1 Å². The van der Waals surface area contributed by atoms with Gasteiger partial charge in [-0.3, -0.25) is 4.79 Å². The van der Waals surface area contributed by atoms with Crippen molar-refractivity contribution in [3.63, 3.8) is 0 Å². The molecule has 0 heterocycles. The van der Waals surface area contributed by atoms with Gasteiger partial charge in [-0.05, 0) is 55.4 Å². The Morgan fingerprint density at radius 1 is 1.03 bits per heavy atom. The van der Waals surface area contributed by atoms with Crippen molar-refractivity contribution in [2.75, 3.05) is 13.2 Å². The Morgan fingerprint density at radius 2 is 1.57 bits per heavy atom. The number of fused-ring (bicyclic) bond motifs is 3. The summed E-state index contributed by atoms with van der Waals surface area (Å²) in [7, 11) is 0. The van der Waals surface area contributed by atoms with Crippen LogP contribution in [-0.4, -0.2) is 52.7 Å². The molecule has 2 aromatic rings. The number of carbonyl (C=O) groups is 3. The van der Waals surface area contributed by atoms with Crippen molar-refractivity contribution < 1.29 is 24.2 Å². The molecule has 1 aliphatic rings. The van der Waals surface area contributed by atoms with Crippen LogP contribution in [-0.2, 0) is 14.3 Å². The quantitative estimate of drug-likeness (QED) is 0.497. The van der Waals surface area contributed by atoms with Gasteiger partial charge in [-0.1, -0.05) is 68.8 Å². The van der Waals surface area contributed by atoms with Gasteiger partial charge in [-0.25, -0.2) is 9.59 Å². The summed E-state index contributed by atoms with van der Waals surface area (Å²) < 4.78 is 5.64. The van der Waals surface area contributed by atoms with Crippen molar-refractivity contribution in [2.45, 2.75) is 65.0 Å². The van der Waals surface area contributed by atoms with Crippen LogP contribution in [0.3, 0.4) is 0 Å². The molecular weight excluding hydrogens is 444 g/mol. The Kier molecular flexibility index (Phi) is 8.20. The summed E-state index contributed by atoms with van der Waals surface area (Å²) in [5, 5.41) is 12.4. The SMILES string of the molecule is CCC(C)CC(NC(=O)OCC1c2ccccc2-c2ccccc21)C(=O)N(CC)C(C)(C)C(=O)O. The van der Waals surface area contributed by atoms with Crippen molar-refractivity contribution in [1.29, 1.82) is 0 Å². The molecule has 3 rings (SSSR count). The predicted octanol–water partition coefficient (Wildman–Crippen LogP) is 5.04. The van der Waals surface area contributed by atoms with Crippen molar-refractivity contribution in [1.82, 2.24) is 10.2 Å². The lowest BCUT2D eigenvalue weighted by atomic mass is 9.96. The van der Waals surface area contributed by atoms with Crippen LogP contribution >= 0.6 is 0 Å². The molecule has 0 bridgehead atoms. The van der Waals surface area contributed by atoms with E-state index >= 15 is 0 Å². The van der Waals surface area contributed by atoms with Gasteiger partial charge >= 0.3 is 12.1 Å². The number of carbonyl (C=O) groups excluding carboxylic acids is 2. The molecule has 2 atom stereocenters. The molecule has 0 aliphatic heterocycles. The number of hydrogen-bond donors (Lipinski definition) is 2. The third-order valence-corrected chi connectivity index (χ3v) is 7.05. The fourth-order valence-corrected chi connectivity index (χ4v) is 4.70. The van der Waals surface area contributed by atoms with Crippen LogP contribution in [0.15, 0.2) is 48.5 Å². The van der Waals surface area contributed by atoms with E-state index in [1.165, 1.54) is 18.7 Å². The molecule has 7 nitrogen and oxygen atoms in total. The van der Waals surface area contributed by atoms with Gasteiger partial charge in [0.1, 0.15) is 18.2 Å². The fourth-order valence-electron chi connectivity index (χ4n) is 4.70. The normalized spacial score (nSPS) is 14.4. The van der Waals surface area contributed by atoms with Gasteiger partial charge < -0.3 is 20.1 Å². The summed E-state index contributed by atoms with van der Waals surface area (Å²) in [5.74, 6) is -1.45. The third kappa shape index (κ3) is 5.50. The number of nitrogens with one attached hydrogen (secondary N) is 1. The molecule has 0 radical (unpaired) electrons. The highest BCUT2D eigenvalue weighted by molar-refractivity contribution is 5.91. The van der Waals surface area contributed by atoms with Crippen molar-refractivity contribution in [3.05, 3.63) is 59.7 Å². The maximum atomic E-state index is 13.4. The molecule has 0 saturated heterocycles. The molecule has 1 aliphatic carbocycles. The molecule has 0 saturated carbocycles. The van der Waals surface area contributed by atoms with E-state index in [0.29, 0.717) is 6.42 Å². The van der Waals surface area contributed by atoms with Crippen molar-refractivity contribution >= 4 is 18.0 Å². The standard InChI is InChI=1S/C28H36N2O5/c1-6-18(3)16-24(25(31)30(7-2)28(4,5)26(32)33)29-27(34)35-17-23-21-14-10-8-12-19(21)20-13-9-11-15-22(20)23/h8-15,18,23-24H,6-7,16-17H2,1-5H3,(H,29,34)(H,32,33). The van der Waals surface area contributed by atoms with Crippen LogP contribution in [0.4, 0.5) is 4.79 Å². The highest BCUT2D eigenvalue weighted by atomic mass is 16.5. The van der Waals surface area contributed by atoms with E-state index in [4.69, 9.17) is 4.74 Å². The smallest absolute Gasteiger partial charge is 0.407 e. The Labute approximate surface area is 207 Å². The fraction of sp³-hybridized carbons (Fsp3) is 0.464. The van der Waals surface area contributed by atoms with Gasteiger partial charge in [0.25, 0.3) is 0 Å². The Hall–Kier alpha value is -3.35. The average molecular weight is 481 g/mol. The molecule has 0 spiro atoms. The van der Waals surface area contributed by atoms with Crippen LogP contribution in [0.5, 0.6) is 0 Å². The summed E-state index contributed by atoms with van der Waals surface area (Å²) in [6.45, 7) is 9.07. The second-order valence-electron chi connectivity index (χ2n) is 9.72. The number of ether oxygens (including phenoxy) is 1. The number of alkyl carbamates (subject to hydrolysis) is 1. The first-order chi connectivity index (χ1) is 16.6. The number of carboxylic acid groups (broad SMARTS) is 1. The van der Waals surface area contributed by atoms with E-state index in [9.17, 15) is 19.5 Å². The largest absolute Gasteiger partial charge is 0.480 e. The Bertz CT molecular complexity index is 1040. The molecule has 2 amide bonds. The minimum absolute atomic E-state index is 0.0880. The summed E-state index contributed by atoms with van der Waals surface area (Å²) in [4.78, 5) is 39.4. The topological polar surface area (TPSA) is 95.9 Å². The van der Waals surface area contributed by atoms with Crippen LogP contribution < -0.4 is 5.32 Å². The molecule has 0 aromatic heterocycles. The van der Waals surface area contributed by atoms with E-state index < -0.39 is 29.6 Å². The molecule has 0 fully saturated rings. The number of carboxylic acids is 1. The molecular formula is C28H36N2O5. The van der Waals surface area contributed by atoms with Gasteiger partial charge in [0, 0.05) is 12.5 Å². The summed E-state index contributed by atoms with van der Waals surface area (Å²) >= 11 is 0. The zero-order chi connectivity index (χ0) is 25.8. The summed E-state index contributed by atoms with van der Waals surface area (Å²) in [6, 6.07) is 15.3. The van der Waals surface area contributed by atoms with Crippen LogP contribution in [0.2, 0.25) is 0 Å². The molecule has 2 N–H and O–H groups in total. The minimum Gasteiger partial charge on any atom is -0.480 e. The maximum absolute atomic E-state index is 13.4. The van der Waals surface area contributed by atoms with Crippen LogP contribution in [0.25, 0.3) is 11.1 Å². The van der Waals surface area contributed by atoms with Gasteiger partial charge in [0.05, 0.1) is 0 Å². The van der Waals surface area contributed by atoms with E-state index in [2.05, 4.69) is 17.4 Å². The number of aliphatic carboxylic acids is 1. The number of amides is 2. The highest BCUT2D eigenvalue weighted by Gasteiger charge is 2.40. The van der Waals surface area contributed by atoms with Crippen molar-refractivity contribution in [2.24, 2.45) is 5.92 Å². The van der Waals surface area contributed by atoms with Gasteiger partial charge in [-0.2, -0.15) is 0 Å². The van der Waals surface area contributed by atoms with E-state index in [-0.39, 0.29) is 25.0 Å². The molecule has 35 heavy (non-hydrogen) atoms. The first kappa shape index (κ1) is 26.3. The number of likely N-dealkylation sites (N-methyl/N-ethyl adjacent to an activating group) is 1. The number of benzene rings is 2. The van der Waals surface area contributed by atoms with Gasteiger partial charge in [-0.15, -0.1) is 0 Å². The Balaban J connectivity index is 1.75. The van der Waals surface area contributed by atoms with E-state index in [1.54, 1.807) is 6.92 Å². The third-order valence-electron chi connectivity index (χ3n) is 7.05. The van der Waals surface area contributed by atoms with E-state index in [0.717, 1.165) is 28.7 Å². The first-order valence-electron chi connectivity index (χ1n) is 12.3. The lowest BCUT2D eigenvalue weighted by molar-refractivity contribution is -0.157. The van der Waals surface area contributed by atoms with E-state index in [1.807, 2.05) is 50.2 Å². The van der Waals surface area contributed by atoms with Crippen LogP contribution in [0, 0.1) is 5.92 Å². The Morgan fingerprint density at radius 3 is 2.06 bits per heavy atom. The monoisotopic (exact) mass is 480 g/mol. The maximum Gasteiger partial charge on any atom is 0.407 e. The first-order valence-corrected chi connectivity index (χ1v) is 12.3. The second-order valence-corrected chi connectivity index (χ2v) is 9.72. The molecule has 2 aromatic carbocycles. The lowest BCUT2D eigenvalue weighted by Gasteiger charge is -2.37. The predicted molar refractivity (Wildman–Crippen MR) is 135 cm³/mol. The minimum atomic E-state index is -1.40. The molecule has 188 valence electrons. The summed E-state index contributed by atoms with van der Waals surface area (Å²) in [6.07, 6.45) is 0.536. The number of rotatable bonds is 10. The van der Waals surface area contributed by atoms with Crippen LogP contribution in [0.1, 0.15) is 64.5 Å². The number of nitrogens with zero attached hydrogens (tertiary/aromatic N) is 1. The second kappa shape index (κ2) is 10.9. The highest BCUT2D eigenvalue weighted by Crippen LogP contribution is 2.44. The molecule has 7 heteroatoms. The summed E-state index contributed by atoms with van der Waals surface area (Å²) in [5.41, 5.74) is 3.08.